The van der Waals surface area contributed by atoms with Crippen molar-refractivity contribution in [1.82, 2.24) is 9.80 Å². The van der Waals surface area contributed by atoms with Gasteiger partial charge in [0, 0.05) is 24.5 Å². The lowest BCUT2D eigenvalue weighted by Gasteiger charge is -2.48. The SMILES string of the molecule is CC(C)(C)C#CCN1CC(N2CCC(C(C)(C)C)CC2)C1. The van der Waals surface area contributed by atoms with Gasteiger partial charge in [-0.15, -0.1) is 0 Å². The molecule has 0 spiro atoms. The van der Waals surface area contributed by atoms with Crippen molar-refractivity contribution in [3.05, 3.63) is 0 Å². The van der Waals surface area contributed by atoms with Crippen LogP contribution in [0.4, 0.5) is 0 Å². The van der Waals surface area contributed by atoms with E-state index in [1.165, 1.54) is 39.0 Å². The van der Waals surface area contributed by atoms with Crippen LogP contribution in [0.1, 0.15) is 54.4 Å². The molecule has 2 nitrogen and oxygen atoms in total. The second-order valence-corrected chi connectivity index (χ2v) is 9.08. The van der Waals surface area contributed by atoms with Gasteiger partial charge in [-0.25, -0.2) is 0 Å². The van der Waals surface area contributed by atoms with Gasteiger partial charge in [0.25, 0.3) is 0 Å². The second kappa shape index (κ2) is 6.31. The fourth-order valence-corrected chi connectivity index (χ4v) is 3.45. The van der Waals surface area contributed by atoms with Crippen LogP contribution in [0.5, 0.6) is 0 Å². The topological polar surface area (TPSA) is 6.48 Å². The molecule has 2 heteroatoms. The zero-order valence-corrected chi connectivity index (χ0v) is 15.0. The Morgan fingerprint density at radius 2 is 1.52 bits per heavy atom. The summed E-state index contributed by atoms with van der Waals surface area (Å²) in [7, 11) is 0. The molecule has 0 unspecified atom stereocenters. The van der Waals surface area contributed by atoms with Crippen molar-refractivity contribution < 1.29 is 0 Å². The Kier molecular flexibility index (Phi) is 5.06. The van der Waals surface area contributed by atoms with Crippen molar-refractivity contribution in [1.29, 1.82) is 0 Å². The van der Waals surface area contributed by atoms with E-state index in [2.05, 4.69) is 63.2 Å². The molecule has 0 amide bonds. The number of rotatable bonds is 2. The van der Waals surface area contributed by atoms with Gasteiger partial charge in [0.05, 0.1) is 6.54 Å². The van der Waals surface area contributed by atoms with Gasteiger partial charge in [-0.2, -0.15) is 0 Å². The Morgan fingerprint density at radius 1 is 0.952 bits per heavy atom. The van der Waals surface area contributed by atoms with Crippen LogP contribution in [0.15, 0.2) is 0 Å². The predicted octanol–water partition coefficient (Wildman–Crippen LogP) is 3.48. The Labute approximate surface area is 132 Å². The van der Waals surface area contributed by atoms with Crippen molar-refractivity contribution in [2.24, 2.45) is 16.7 Å². The lowest BCUT2D eigenvalue weighted by atomic mass is 9.75. The minimum atomic E-state index is 0.138. The van der Waals surface area contributed by atoms with Gasteiger partial charge in [-0.1, -0.05) is 32.6 Å². The van der Waals surface area contributed by atoms with E-state index in [4.69, 9.17) is 0 Å². The monoisotopic (exact) mass is 290 g/mol. The maximum absolute atomic E-state index is 3.34. The summed E-state index contributed by atoms with van der Waals surface area (Å²) in [6, 6.07) is 0.794. The van der Waals surface area contributed by atoms with Crippen LogP contribution in [0, 0.1) is 28.6 Å². The van der Waals surface area contributed by atoms with Crippen LogP contribution in [-0.4, -0.2) is 48.6 Å². The van der Waals surface area contributed by atoms with E-state index in [-0.39, 0.29) is 5.41 Å². The number of hydrogen-bond acceptors (Lipinski definition) is 2. The van der Waals surface area contributed by atoms with Crippen LogP contribution in [-0.2, 0) is 0 Å². The highest BCUT2D eigenvalue weighted by Gasteiger charge is 2.35. The normalized spacial score (nSPS) is 23.5. The molecule has 0 aliphatic carbocycles. The van der Waals surface area contributed by atoms with Gasteiger partial charge < -0.3 is 0 Å². The molecule has 21 heavy (non-hydrogen) atoms. The summed E-state index contributed by atoms with van der Waals surface area (Å²) in [5.41, 5.74) is 0.624. The Hall–Kier alpha value is -0.520. The molecule has 2 saturated heterocycles. The van der Waals surface area contributed by atoms with Crippen molar-refractivity contribution in [2.45, 2.75) is 60.4 Å². The summed E-state index contributed by atoms with van der Waals surface area (Å²) < 4.78 is 0. The van der Waals surface area contributed by atoms with Crippen LogP contribution in [0.25, 0.3) is 0 Å². The molecule has 120 valence electrons. The molecule has 2 fully saturated rings. The molecule has 2 rings (SSSR count). The molecule has 2 heterocycles. The van der Waals surface area contributed by atoms with Gasteiger partial charge >= 0.3 is 0 Å². The summed E-state index contributed by atoms with van der Waals surface area (Å²) in [6.45, 7) is 19.7. The largest absolute Gasteiger partial charge is 0.298 e. The molecule has 0 saturated carbocycles. The fourth-order valence-electron chi connectivity index (χ4n) is 3.45. The maximum Gasteiger partial charge on any atom is 0.0602 e. The third-order valence-electron chi connectivity index (χ3n) is 4.97. The third kappa shape index (κ3) is 5.01. The first-order valence-electron chi connectivity index (χ1n) is 8.61. The molecular formula is C19H34N2. The van der Waals surface area contributed by atoms with E-state index in [1.54, 1.807) is 0 Å². The molecule has 0 aromatic carbocycles. The van der Waals surface area contributed by atoms with E-state index in [0.717, 1.165) is 18.5 Å². The number of likely N-dealkylation sites (tertiary alicyclic amines) is 2. The van der Waals surface area contributed by atoms with E-state index >= 15 is 0 Å². The van der Waals surface area contributed by atoms with E-state index < -0.39 is 0 Å². The van der Waals surface area contributed by atoms with Gasteiger partial charge in [0.15, 0.2) is 0 Å². The van der Waals surface area contributed by atoms with E-state index in [0.29, 0.717) is 5.41 Å². The van der Waals surface area contributed by atoms with Gasteiger partial charge in [-0.05, 0) is 58.0 Å². The summed E-state index contributed by atoms with van der Waals surface area (Å²) in [6.07, 6.45) is 2.76. The number of piperidine rings is 1. The average molecular weight is 290 g/mol. The van der Waals surface area contributed by atoms with E-state index in [1.807, 2.05) is 0 Å². The zero-order chi connectivity index (χ0) is 15.7. The smallest absolute Gasteiger partial charge is 0.0602 e. The van der Waals surface area contributed by atoms with Crippen molar-refractivity contribution in [2.75, 3.05) is 32.7 Å². The van der Waals surface area contributed by atoms with Crippen LogP contribution in [0.2, 0.25) is 0 Å². The highest BCUT2D eigenvalue weighted by Crippen LogP contribution is 2.35. The summed E-state index contributed by atoms with van der Waals surface area (Å²) in [5.74, 6) is 7.57. The highest BCUT2D eigenvalue weighted by atomic mass is 15.3. The van der Waals surface area contributed by atoms with Gasteiger partial charge in [-0.3, -0.25) is 9.80 Å². The quantitative estimate of drug-likeness (QED) is 0.719. The molecule has 2 aliphatic rings. The minimum absolute atomic E-state index is 0.138. The molecule has 0 atom stereocenters. The number of nitrogens with zero attached hydrogens (tertiary/aromatic N) is 2. The molecule has 0 radical (unpaired) electrons. The van der Waals surface area contributed by atoms with Crippen LogP contribution >= 0.6 is 0 Å². The summed E-state index contributed by atoms with van der Waals surface area (Å²) >= 11 is 0. The lowest BCUT2D eigenvalue weighted by molar-refractivity contribution is 0.00788. The standard InChI is InChI=1S/C19H34N2/c1-18(2,3)10-7-11-20-14-17(15-20)21-12-8-16(9-13-21)19(4,5)6/h16-17H,8-9,11-15H2,1-6H3. The second-order valence-electron chi connectivity index (χ2n) is 9.08. The Morgan fingerprint density at radius 3 is 2.00 bits per heavy atom. The number of hydrogen-bond donors (Lipinski definition) is 0. The highest BCUT2D eigenvalue weighted by molar-refractivity contribution is 5.10. The Balaban J connectivity index is 1.68. The third-order valence-corrected chi connectivity index (χ3v) is 4.97. The summed E-state index contributed by atoms with van der Waals surface area (Å²) in [5, 5.41) is 0. The molecule has 0 aromatic heterocycles. The minimum Gasteiger partial charge on any atom is -0.298 e. The van der Waals surface area contributed by atoms with Crippen molar-refractivity contribution in [3.63, 3.8) is 0 Å². The average Bonchev–Trinajstić information content (AvgIpc) is 2.30. The van der Waals surface area contributed by atoms with E-state index in [9.17, 15) is 0 Å². The lowest BCUT2D eigenvalue weighted by Crippen LogP contribution is -2.60. The van der Waals surface area contributed by atoms with Crippen molar-refractivity contribution in [3.8, 4) is 11.8 Å². The van der Waals surface area contributed by atoms with Gasteiger partial charge in [0.2, 0.25) is 0 Å². The first kappa shape index (κ1) is 16.8. The predicted molar refractivity (Wildman–Crippen MR) is 91.2 cm³/mol. The molecule has 0 bridgehead atoms. The molecule has 0 N–H and O–H groups in total. The molecule has 2 aliphatic heterocycles. The van der Waals surface area contributed by atoms with Gasteiger partial charge in [0.1, 0.15) is 0 Å². The van der Waals surface area contributed by atoms with Crippen molar-refractivity contribution >= 4 is 0 Å². The molecule has 0 aromatic rings. The Bertz CT molecular complexity index is 388. The van der Waals surface area contributed by atoms with Crippen LogP contribution < -0.4 is 0 Å². The summed E-state index contributed by atoms with van der Waals surface area (Å²) in [4.78, 5) is 5.20. The fraction of sp³-hybridized carbons (Fsp3) is 0.895. The molecular weight excluding hydrogens is 256 g/mol. The van der Waals surface area contributed by atoms with Crippen LogP contribution in [0.3, 0.4) is 0 Å². The first-order chi connectivity index (χ1) is 9.65. The maximum atomic E-state index is 3.34. The zero-order valence-electron chi connectivity index (χ0n) is 15.0. The first-order valence-corrected chi connectivity index (χ1v) is 8.61.